The number of ether oxygens (including phenoxy) is 6. The molecule has 0 aromatic heterocycles. The lowest BCUT2D eigenvalue weighted by atomic mass is 9.98. The van der Waals surface area contributed by atoms with Crippen molar-refractivity contribution in [3.05, 3.63) is 0 Å². The first-order chi connectivity index (χ1) is 10.2. The second-order valence-electron chi connectivity index (χ2n) is 4.78. The lowest BCUT2D eigenvalue weighted by molar-refractivity contribution is -0.313. The fraction of sp³-hybridized carbons (Fsp3) is 0.867. The highest BCUT2D eigenvalue weighted by Gasteiger charge is 2.47. The third-order valence-electron chi connectivity index (χ3n) is 3.49. The second-order valence-corrected chi connectivity index (χ2v) is 4.78. The number of hydrogen-bond acceptors (Lipinski definition) is 6. The average Bonchev–Trinajstić information content (AvgIpc) is 2.51. The molecule has 0 aromatic carbocycles. The molecule has 0 unspecified atom stereocenters. The molecule has 0 saturated carbocycles. The summed E-state index contributed by atoms with van der Waals surface area (Å²) >= 11 is 0. The van der Waals surface area contributed by atoms with Crippen LogP contribution in [0.4, 0.5) is 0 Å². The van der Waals surface area contributed by atoms with Crippen molar-refractivity contribution in [2.24, 2.45) is 0 Å². The average molecular weight is 302 g/mol. The Hall–Kier alpha value is -0.680. The van der Waals surface area contributed by atoms with Gasteiger partial charge in [-0.1, -0.05) is 0 Å². The second kappa shape index (κ2) is 10.1. The van der Waals surface area contributed by atoms with Crippen LogP contribution >= 0.6 is 0 Å². The molecule has 1 fully saturated rings. The summed E-state index contributed by atoms with van der Waals surface area (Å²) in [5, 5.41) is 0. The quantitative estimate of drug-likeness (QED) is 0.464. The van der Waals surface area contributed by atoms with Gasteiger partial charge in [-0.05, 0) is 6.42 Å². The molecular weight excluding hydrogens is 276 g/mol. The molecule has 1 rings (SSSR count). The van der Waals surface area contributed by atoms with Gasteiger partial charge in [-0.25, -0.2) is 0 Å². The van der Waals surface area contributed by atoms with Gasteiger partial charge in [-0.2, -0.15) is 0 Å². The van der Waals surface area contributed by atoms with E-state index in [2.05, 4.69) is 5.92 Å². The standard InChI is InChI=1S/C15H26O6/c1-6-7-8-9-20-15-14(19-5)13(18-4)12(17-3)11(21-15)10-16-2/h1,11-15H,7-10H2,2-5H3/t11-,12-,13+,14+,15-/m1/s1. The molecule has 0 radical (unpaired) electrons. The van der Waals surface area contributed by atoms with Crippen LogP contribution in [0.1, 0.15) is 12.8 Å². The van der Waals surface area contributed by atoms with E-state index in [-0.39, 0.29) is 24.4 Å². The lowest BCUT2D eigenvalue weighted by Crippen LogP contribution is -2.61. The molecule has 1 saturated heterocycles. The Kier molecular flexibility index (Phi) is 8.85. The molecule has 0 N–H and O–H groups in total. The first-order valence-electron chi connectivity index (χ1n) is 7.01. The molecule has 5 atom stereocenters. The van der Waals surface area contributed by atoms with Crippen LogP contribution in [-0.4, -0.2) is 72.4 Å². The van der Waals surface area contributed by atoms with Crippen molar-refractivity contribution < 1.29 is 28.4 Å². The van der Waals surface area contributed by atoms with Crippen LogP contribution in [0.2, 0.25) is 0 Å². The van der Waals surface area contributed by atoms with Gasteiger partial charge < -0.3 is 28.4 Å². The summed E-state index contributed by atoms with van der Waals surface area (Å²) in [6.45, 7) is 0.890. The van der Waals surface area contributed by atoms with Crippen molar-refractivity contribution in [2.45, 2.75) is 43.5 Å². The maximum Gasteiger partial charge on any atom is 0.186 e. The van der Waals surface area contributed by atoms with Gasteiger partial charge in [0.2, 0.25) is 0 Å². The lowest BCUT2D eigenvalue weighted by Gasteiger charge is -2.44. The van der Waals surface area contributed by atoms with Crippen LogP contribution in [0, 0.1) is 12.3 Å². The van der Waals surface area contributed by atoms with Crippen molar-refractivity contribution in [1.82, 2.24) is 0 Å². The number of unbranched alkanes of at least 4 members (excludes halogenated alkanes) is 1. The number of rotatable bonds is 9. The number of hydrogen-bond donors (Lipinski definition) is 0. The Morgan fingerprint density at radius 2 is 1.67 bits per heavy atom. The Morgan fingerprint density at radius 1 is 1.00 bits per heavy atom. The normalized spacial score (nSPS) is 32.8. The summed E-state index contributed by atoms with van der Waals surface area (Å²) < 4.78 is 33.4. The van der Waals surface area contributed by atoms with Gasteiger partial charge in [-0.3, -0.25) is 0 Å². The van der Waals surface area contributed by atoms with Crippen LogP contribution in [0.25, 0.3) is 0 Å². The minimum absolute atomic E-state index is 0.283. The van der Waals surface area contributed by atoms with Gasteiger partial charge in [0.05, 0.1) is 13.2 Å². The Bertz CT molecular complexity index is 316. The molecular formula is C15H26O6. The zero-order valence-corrected chi connectivity index (χ0v) is 13.2. The van der Waals surface area contributed by atoms with E-state index in [1.165, 1.54) is 0 Å². The molecule has 122 valence electrons. The van der Waals surface area contributed by atoms with E-state index in [1.54, 1.807) is 28.4 Å². The summed E-state index contributed by atoms with van der Waals surface area (Å²) in [6, 6.07) is 0. The molecule has 6 nitrogen and oxygen atoms in total. The topological polar surface area (TPSA) is 55.4 Å². The van der Waals surface area contributed by atoms with Crippen LogP contribution in [0.15, 0.2) is 0 Å². The van der Waals surface area contributed by atoms with Gasteiger partial charge in [0.1, 0.15) is 24.4 Å². The summed E-state index contributed by atoms with van der Waals surface area (Å²) in [4.78, 5) is 0. The summed E-state index contributed by atoms with van der Waals surface area (Å²) in [7, 11) is 6.45. The van der Waals surface area contributed by atoms with Gasteiger partial charge in [0.25, 0.3) is 0 Å². The highest BCUT2D eigenvalue weighted by Crippen LogP contribution is 2.28. The van der Waals surface area contributed by atoms with E-state index in [9.17, 15) is 0 Å². The van der Waals surface area contributed by atoms with Crippen LogP contribution in [0.5, 0.6) is 0 Å². The monoisotopic (exact) mass is 302 g/mol. The molecule has 0 aromatic rings. The van der Waals surface area contributed by atoms with Gasteiger partial charge in [-0.15, -0.1) is 12.3 Å². The first kappa shape index (κ1) is 18.4. The zero-order valence-electron chi connectivity index (χ0n) is 13.2. The van der Waals surface area contributed by atoms with Gasteiger partial charge >= 0.3 is 0 Å². The van der Waals surface area contributed by atoms with Crippen LogP contribution in [-0.2, 0) is 28.4 Å². The fourth-order valence-electron chi connectivity index (χ4n) is 2.49. The Labute approximate surface area is 127 Å². The smallest absolute Gasteiger partial charge is 0.186 e. The zero-order chi connectivity index (χ0) is 15.7. The molecule has 0 amide bonds. The molecule has 1 aliphatic rings. The third-order valence-corrected chi connectivity index (χ3v) is 3.49. The van der Waals surface area contributed by atoms with E-state index in [4.69, 9.17) is 34.8 Å². The summed E-state index contributed by atoms with van der Waals surface area (Å²) in [5.41, 5.74) is 0. The van der Waals surface area contributed by atoms with Crippen LogP contribution < -0.4 is 0 Å². The SMILES string of the molecule is C#CCCCO[C@@H]1O[C@H](COC)[C@@H](OC)[C@H](OC)[C@@H]1OC. The largest absolute Gasteiger partial charge is 0.382 e. The maximum atomic E-state index is 5.92. The molecule has 0 bridgehead atoms. The molecule has 1 heterocycles. The van der Waals surface area contributed by atoms with E-state index in [1.807, 2.05) is 0 Å². The maximum absolute atomic E-state index is 5.92. The van der Waals surface area contributed by atoms with E-state index < -0.39 is 6.29 Å². The molecule has 21 heavy (non-hydrogen) atoms. The molecule has 0 aliphatic carbocycles. The van der Waals surface area contributed by atoms with Gasteiger partial charge in [0.15, 0.2) is 6.29 Å². The highest BCUT2D eigenvalue weighted by molar-refractivity contribution is 4.92. The van der Waals surface area contributed by atoms with Crippen molar-refractivity contribution >= 4 is 0 Å². The minimum Gasteiger partial charge on any atom is -0.382 e. The predicted octanol–water partition coefficient (Wildman–Crippen LogP) is 0.833. The van der Waals surface area contributed by atoms with Crippen LogP contribution in [0.3, 0.4) is 0 Å². The Balaban J connectivity index is 2.73. The Morgan fingerprint density at radius 3 is 2.19 bits per heavy atom. The predicted molar refractivity (Wildman–Crippen MR) is 76.9 cm³/mol. The van der Waals surface area contributed by atoms with Crippen molar-refractivity contribution in [3.8, 4) is 12.3 Å². The first-order valence-corrected chi connectivity index (χ1v) is 7.01. The van der Waals surface area contributed by atoms with E-state index in [0.717, 1.165) is 6.42 Å². The number of methoxy groups -OCH3 is 4. The molecule has 0 spiro atoms. The van der Waals surface area contributed by atoms with Gasteiger partial charge in [0, 0.05) is 34.9 Å². The van der Waals surface area contributed by atoms with E-state index in [0.29, 0.717) is 19.6 Å². The van der Waals surface area contributed by atoms with Crippen molar-refractivity contribution in [1.29, 1.82) is 0 Å². The van der Waals surface area contributed by atoms with Crippen molar-refractivity contribution in [2.75, 3.05) is 41.7 Å². The minimum atomic E-state index is -0.538. The number of terminal acetylenes is 1. The van der Waals surface area contributed by atoms with Crippen molar-refractivity contribution in [3.63, 3.8) is 0 Å². The summed E-state index contributed by atoms with van der Waals surface area (Å²) in [6.07, 6.45) is 4.88. The molecule has 6 heteroatoms. The highest BCUT2D eigenvalue weighted by atomic mass is 16.7. The molecule has 1 aliphatic heterocycles. The summed E-state index contributed by atoms with van der Waals surface area (Å²) in [5.74, 6) is 2.58. The third kappa shape index (κ3) is 4.92. The fourth-order valence-corrected chi connectivity index (χ4v) is 2.49. The van der Waals surface area contributed by atoms with E-state index >= 15 is 0 Å².